The van der Waals surface area contributed by atoms with Gasteiger partial charge in [0.2, 0.25) is 11.9 Å². The van der Waals surface area contributed by atoms with Crippen molar-refractivity contribution < 1.29 is 18.8 Å². The fourth-order valence-corrected chi connectivity index (χ4v) is 4.72. The second-order valence-corrected chi connectivity index (χ2v) is 13.2. The Morgan fingerprint density at radius 3 is 1.88 bits per heavy atom. The largest absolute Gasteiger partial charge is 0.393 e. The fraction of sp³-hybridized carbons (Fsp3) is 0.269. The second-order valence-electron chi connectivity index (χ2n) is 8.79. The molecule has 0 amide bonds. The van der Waals surface area contributed by atoms with Gasteiger partial charge >= 0.3 is 0 Å². The molecule has 0 aliphatic heterocycles. The highest BCUT2D eigenvalue weighted by molar-refractivity contribution is 6.69. The summed E-state index contributed by atoms with van der Waals surface area (Å²) in [6, 6.07) is 27.2. The predicted octanol–water partition coefficient (Wildman–Crippen LogP) is 5.92. The predicted molar refractivity (Wildman–Crippen MR) is 131 cm³/mol. The van der Waals surface area contributed by atoms with E-state index < -0.39 is 25.1 Å². The Hall–Kier alpha value is -3.35. The van der Waals surface area contributed by atoms with Crippen molar-refractivity contribution in [2.75, 3.05) is 0 Å². The van der Waals surface area contributed by atoms with Gasteiger partial charge in [-0.3, -0.25) is 10.1 Å². The number of nitrogens with zero attached hydrogens (tertiary/aromatic N) is 2. The Morgan fingerprint density at radius 2 is 1.44 bits per heavy atom. The minimum absolute atomic E-state index is 0.138. The number of nitriles is 1. The van der Waals surface area contributed by atoms with Crippen LogP contribution in [0, 0.1) is 21.4 Å². The molecule has 3 aromatic carbocycles. The molecule has 3 aromatic rings. The smallest absolute Gasteiger partial charge is 0.269 e. The Kier molecular flexibility index (Phi) is 8.31. The molecular formula is C26H28N2O5Si. The molecule has 0 radical (unpaired) electrons. The van der Waals surface area contributed by atoms with E-state index in [2.05, 4.69) is 6.07 Å². The van der Waals surface area contributed by atoms with E-state index in [-0.39, 0.29) is 18.9 Å². The number of rotatable bonds is 11. The van der Waals surface area contributed by atoms with Crippen molar-refractivity contribution in [1.82, 2.24) is 0 Å². The van der Waals surface area contributed by atoms with E-state index in [1.54, 1.807) is 12.1 Å². The van der Waals surface area contributed by atoms with Gasteiger partial charge in [-0.25, -0.2) is 0 Å². The summed E-state index contributed by atoms with van der Waals surface area (Å²) in [6.45, 7) is 6.19. The summed E-state index contributed by atoms with van der Waals surface area (Å²) >= 11 is 0. The number of ether oxygens (including phenoxy) is 2. The van der Waals surface area contributed by atoms with E-state index in [1.165, 1.54) is 12.1 Å². The van der Waals surface area contributed by atoms with Crippen LogP contribution in [0.3, 0.4) is 0 Å². The molecule has 1 atom stereocenters. The number of non-ortho nitro benzene ring substituents is 1. The summed E-state index contributed by atoms with van der Waals surface area (Å²) < 4.78 is 18.8. The average molecular weight is 477 g/mol. The first-order valence-electron chi connectivity index (χ1n) is 10.9. The number of benzene rings is 3. The van der Waals surface area contributed by atoms with Crippen LogP contribution >= 0.6 is 0 Å². The van der Waals surface area contributed by atoms with Crippen LogP contribution in [0.5, 0.6) is 0 Å². The fourth-order valence-electron chi connectivity index (χ4n) is 3.49. The lowest BCUT2D eigenvalue weighted by Gasteiger charge is -2.39. The van der Waals surface area contributed by atoms with Crippen LogP contribution in [0.15, 0.2) is 84.9 Å². The van der Waals surface area contributed by atoms with Gasteiger partial charge in [0.25, 0.3) is 5.69 Å². The van der Waals surface area contributed by atoms with Gasteiger partial charge < -0.3 is 13.9 Å². The molecule has 0 fully saturated rings. The quantitative estimate of drug-likeness (QED) is 0.147. The van der Waals surface area contributed by atoms with Crippen molar-refractivity contribution in [3.05, 3.63) is 112 Å². The van der Waals surface area contributed by atoms with Crippen molar-refractivity contribution in [2.45, 2.75) is 44.7 Å². The minimum Gasteiger partial charge on any atom is -0.393 e. The Bertz CT molecular complexity index is 1090. The SMILES string of the molecule is C[Si](C)(C)OC(C#N)(c1cccc([N+](=O)[O-])c1)C(OCc1ccccc1)OCc1ccccc1. The lowest BCUT2D eigenvalue weighted by molar-refractivity contribution is -0.385. The van der Waals surface area contributed by atoms with E-state index in [4.69, 9.17) is 13.9 Å². The second kappa shape index (κ2) is 11.2. The van der Waals surface area contributed by atoms with Crippen LogP contribution in [-0.2, 0) is 32.7 Å². The van der Waals surface area contributed by atoms with Crippen molar-refractivity contribution in [3.63, 3.8) is 0 Å². The number of hydrogen-bond donors (Lipinski definition) is 0. The van der Waals surface area contributed by atoms with Crippen LogP contribution < -0.4 is 0 Å². The van der Waals surface area contributed by atoms with Crippen molar-refractivity contribution in [2.24, 2.45) is 0 Å². The van der Waals surface area contributed by atoms with Gasteiger partial charge in [0.1, 0.15) is 6.07 Å². The molecule has 7 nitrogen and oxygen atoms in total. The van der Waals surface area contributed by atoms with Crippen molar-refractivity contribution >= 4 is 14.0 Å². The molecule has 0 spiro atoms. The topological polar surface area (TPSA) is 94.6 Å². The average Bonchev–Trinajstić information content (AvgIpc) is 2.83. The summed E-state index contributed by atoms with van der Waals surface area (Å²) in [5.74, 6) is 0. The molecule has 0 aromatic heterocycles. The third-order valence-electron chi connectivity index (χ3n) is 4.94. The highest BCUT2D eigenvalue weighted by Crippen LogP contribution is 2.37. The first-order valence-corrected chi connectivity index (χ1v) is 14.3. The van der Waals surface area contributed by atoms with Gasteiger partial charge in [0.05, 0.1) is 18.1 Å². The molecular weight excluding hydrogens is 448 g/mol. The number of nitro benzene ring substituents is 1. The standard InChI is InChI=1S/C26H28N2O5Si/c1-34(2,3)33-26(20-27,23-15-10-16-24(17-23)28(29)30)25(31-18-21-11-6-4-7-12-21)32-19-22-13-8-5-9-14-22/h4-17,25H,18-19H2,1-3H3. The summed E-state index contributed by atoms with van der Waals surface area (Å²) in [7, 11) is -2.37. The van der Waals surface area contributed by atoms with E-state index in [0.29, 0.717) is 5.56 Å². The summed E-state index contributed by atoms with van der Waals surface area (Å²) in [5.41, 5.74) is 0.267. The highest BCUT2D eigenvalue weighted by Gasteiger charge is 2.48. The lowest BCUT2D eigenvalue weighted by atomic mass is 9.94. The summed E-state index contributed by atoms with van der Waals surface area (Å²) in [4.78, 5) is 11.0. The summed E-state index contributed by atoms with van der Waals surface area (Å²) in [6.07, 6.45) is -1.15. The van der Waals surface area contributed by atoms with Gasteiger partial charge in [0, 0.05) is 17.7 Å². The van der Waals surface area contributed by atoms with Crippen LogP contribution in [-0.4, -0.2) is 19.5 Å². The van der Waals surface area contributed by atoms with Crippen LogP contribution in [0.2, 0.25) is 19.6 Å². The molecule has 0 bridgehead atoms. The van der Waals surface area contributed by atoms with Gasteiger partial charge in [-0.1, -0.05) is 72.8 Å². The first kappa shape index (κ1) is 25.3. The van der Waals surface area contributed by atoms with Crippen LogP contribution in [0.25, 0.3) is 0 Å². The van der Waals surface area contributed by atoms with E-state index in [0.717, 1.165) is 11.1 Å². The maximum absolute atomic E-state index is 11.5. The van der Waals surface area contributed by atoms with E-state index in [9.17, 15) is 15.4 Å². The molecule has 0 N–H and O–H groups in total. The zero-order valence-corrected chi connectivity index (χ0v) is 20.5. The number of nitro groups is 1. The monoisotopic (exact) mass is 476 g/mol. The lowest BCUT2D eigenvalue weighted by Crippen LogP contribution is -2.50. The van der Waals surface area contributed by atoms with Gasteiger partial charge in [0.15, 0.2) is 8.32 Å². The van der Waals surface area contributed by atoms with Crippen LogP contribution in [0.4, 0.5) is 5.69 Å². The van der Waals surface area contributed by atoms with Crippen molar-refractivity contribution in [3.8, 4) is 6.07 Å². The Morgan fingerprint density at radius 1 is 0.912 bits per heavy atom. The zero-order valence-electron chi connectivity index (χ0n) is 19.5. The first-order chi connectivity index (χ1) is 16.2. The molecule has 0 heterocycles. The maximum Gasteiger partial charge on any atom is 0.269 e. The third kappa shape index (κ3) is 6.59. The molecule has 8 heteroatoms. The van der Waals surface area contributed by atoms with Gasteiger partial charge in [-0.15, -0.1) is 0 Å². The Balaban J connectivity index is 2.05. The normalized spacial score (nSPS) is 13.3. The molecule has 34 heavy (non-hydrogen) atoms. The van der Waals surface area contributed by atoms with Crippen LogP contribution in [0.1, 0.15) is 16.7 Å². The minimum atomic E-state index is -2.37. The molecule has 0 aliphatic carbocycles. The molecule has 0 aliphatic rings. The maximum atomic E-state index is 11.5. The number of hydrogen-bond acceptors (Lipinski definition) is 6. The molecule has 0 saturated heterocycles. The molecule has 1 unspecified atom stereocenters. The highest BCUT2D eigenvalue weighted by atomic mass is 28.4. The van der Waals surface area contributed by atoms with E-state index >= 15 is 0 Å². The van der Waals surface area contributed by atoms with Gasteiger partial charge in [-0.2, -0.15) is 5.26 Å². The Labute approximate surface area is 200 Å². The van der Waals surface area contributed by atoms with Gasteiger partial charge in [-0.05, 0) is 30.8 Å². The zero-order chi connectivity index (χ0) is 24.6. The summed E-state index contributed by atoms with van der Waals surface area (Å²) in [5, 5.41) is 22.0. The third-order valence-corrected chi connectivity index (χ3v) is 5.87. The molecule has 3 rings (SSSR count). The molecule has 0 saturated carbocycles. The van der Waals surface area contributed by atoms with Crippen molar-refractivity contribution in [1.29, 1.82) is 5.26 Å². The molecule has 176 valence electrons. The van der Waals surface area contributed by atoms with E-state index in [1.807, 2.05) is 80.3 Å².